The van der Waals surface area contributed by atoms with Gasteiger partial charge < -0.3 is 9.47 Å². The molecular formula is C32H28O4. The van der Waals surface area contributed by atoms with Crippen LogP contribution in [0.4, 0.5) is 0 Å². The summed E-state index contributed by atoms with van der Waals surface area (Å²) in [4.78, 5) is 27.9. The van der Waals surface area contributed by atoms with Gasteiger partial charge in [0.2, 0.25) is 0 Å². The zero-order chi connectivity index (χ0) is 25.1. The summed E-state index contributed by atoms with van der Waals surface area (Å²) < 4.78 is 10.7. The van der Waals surface area contributed by atoms with Gasteiger partial charge in [-0.05, 0) is 35.4 Å². The molecule has 4 atom stereocenters. The highest BCUT2D eigenvalue weighted by molar-refractivity contribution is 6.07. The molecule has 1 saturated carbocycles. The van der Waals surface area contributed by atoms with Crippen molar-refractivity contribution in [2.75, 3.05) is 14.2 Å². The van der Waals surface area contributed by atoms with Gasteiger partial charge >= 0.3 is 0 Å². The average Bonchev–Trinajstić information content (AvgIpc) is 2.94. The van der Waals surface area contributed by atoms with Crippen LogP contribution < -0.4 is 9.47 Å². The number of carbonyl (C=O) groups is 2. The van der Waals surface area contributed by atoms with E-state index >= 15 is 0 Å². The lowest BCUT2D eigenvalue weighted by atomic mass is 9.49. The van der Waals surface area contributed by atoms with E-state index in [-0.39, 0.29) is 23.4 Å². The molecule has 4 aromatic rings. The number of Topliss-reactive ketones (excluding diaryl/α,β-unsaturated/α-hetero) is 2. The summed E-state index contributed by atoms with van der Waals surface area (Å²) in [5.74, 6) is 0.209. The number of carbonyl (C=O) groups excluding carboxylic acids is 2. The summed E-state index contributed by atoms with van der Waals surface area (Å²) >= 11 is 0. The predicted octanol–water partition coefficient (Wildman–Crippen LogP) is 6.58. The predicted molar refractivity (Wildman–Crippen MR) is 140 cm³/mol. The van der Waals surface area contributed by atoms with Crippen molar-refractivity contribution in [1.82, 2.24) is 0 Å². The zero-order valence-electron chi connectivity index (χ0n) is 20.3. The van der Waals surface area contributed by atoms with Crippen LogP contribution in [-0.2, 0) is 0 Å². The van der Waals surface area contributed by atoms with Crippen LogP contribution in [-0.4, -0.2) is 25.8 Å². The van der Waals surface area contributed by atoms with Gasteiger partial charge in [0.05, 0.1) is 14.2 Å². The number of hydrogen-bond acceptors (Lipinski definition) is 4. The maximum absolute atomic E-state index is 14.0. The molecule has 0 aliphatic heterocycles. The fourth-order valence-electron chi connectivity index (χ4n) is 5.47. The van der Waals surface area contributed by atoms with Gasteiger partial charge in [-0.15, -0.1) is 0 Å². The molecule has 0 bridgehead atoms. The first-order chi connectivity index (χ1) is 17.6. The number of ketones is 2. The molecule has 0 radical (unpaired) electrons. The van der Waals surface area contributed by atoms with Crippen molar-refractivity contribution in [2.45, 2.75) is 11.8 Å². The fourth-order valence-corrected chi connectivity index (χ4v) is 5.47. The highest BCUT2D eigenvalue weighted by Crippen LogP contribution is 2.59. The highest BCUT2D eigenvalue weighted by atomic mass is 16.5. The van der Waals surface area contributed by atoms with Crippen LogP contribution in [0.2, 0.25) is 0 Å². The second kappa shape index (κ2) is 10.2. The Kier molecular flexibility index (Phi) is 6.68. The van der Waals surface area contributed by atoms with E-state index in [4.69, 9.17) is 9.47 Å². The monoisotopic (exact) mass is 476 g/mol. The first-order valence-corrected chi connectivity index (χ1v) is 12.1. The van der Waals surface area contributed by atoms with Gasteiger partial charge in [-0.25, -0.2) is 0 Å². The number of rotatable bonds is 8. The van der Waals surface area contributed by atoms with Gasteiger partial charge in [0.1, 0.15) is 11.5 Å². The summed E-state index contributed by atoms with van der Waals surface area (Å²) in [7, 11) is 3.27. The van der Waals surface area contributed by atoms with Crippen LogP contribution in [0.3, 0.4) is 0 Å². The Hall–Kier alpha value is -4.18. The second-order valence-corrected chi connectivity index (χ2v) is 9.11. The van der Waals surface area contributed by atoms with Crippen LogP contribution in [0.15, 0.2) is 109 Å². The van der Waals surface area contributed by atoms with Crippen LogP contribution in [0.5, 0.6) is 11.5 Å². The summed E-state index contributed by atoms with van der Waals surface area (Å²) in [6.45, 7) is 0. The second-order valence-electron chi connectivity index (χ2n) is 9.11. The first kappa shape index (κ1) is 23.6. The lowest BCUT2D eigenvalue weighted by Crippen LogP contribution is -2.51. The molecular weight excluding hydrogens is 448 g/mol. The molecule has 1 fully saturated rings. The van der Waals surface area contributed by atoms with Crippen molar-refractivity contribution in [3.63, 3.8) is 0 Å². The molecule has 4 heteroatoms. The smallest absolute Gasteiger partial charge is 0.167 e. The molecule has 5 rings (SSSR count). The molecule has 180 valence electrons. The van der Waals surface area contributed by atoms with Crippen LogP contribution in [0.1, 0.15) is 43.7 Å². The minimum atomic E-state index is -0.486. The van der Waals surface area contributed by atoms with E-state index in [1.54, 1.807) is 14.2 Å². The van der Waals surface area contributed by atoms with E-state index in [0.717, 1.165) is 22.6 Å². The van der Waals surface area contributed by atoms with E-state index in [2.05, 4.69) is 0 Å². The van der Waals surface area contributed by atoms with Gasteiger partial charge in [-0.2, -0.15) is 0 Å². The Morgan fingerprint density at radius 1 is 0.500 bits per heavy atom. The molecule has 0 unspecified atom stereocenters. The minimum absolute atomic E-state index is 0.00420. The van der Waals surface area contributed by atoms with E-state index in [1.807, 2.05) is 109 Å². The number of benzene rings is 4. The molecule has 1 aliphatic rings. The maximum Gasteiger partial charge on any atom is 0.167 e. The molecule has 0 aromatic heterocycles. The Balaban J connectivity index is 1.64. The van der Waals surface area contributed by atoms with Gasteiger partial charge in [-0.3, -0.25) is 9.59 Å². The molecule has 0 heterocycles. The molecule has 4 aromatic carbocycles. The van der Waals surface area contributed by atoms with Gasteiger partial charge in [0.15, 0.2) is 11.6 Å². The largest absolute Gasteiger partial charge is 0.497 e. The van der Waals surface area contributed by atoms with Crippen molar-refractivity contribution in [1.29, 1.82) is 0 Å². The van der Waals surface area contributed by atoms with Gasteiger partial charge in [-0.1, -0.05) is 84.9 Å². The van der Waals surface area contributed by atoms with Crippen molar-refractivity contribution < 1.29 is 19.1 Å². The molecule has 0 saturated heterocycles. The zero-order valence-corrected chi connectivity index (χ0v) is 20.3. The Labute approximate surface area is 211 Å². The van der Waals surface area contributed by atoms with Gasteiger partial charge in [0, 0.05) is 34.8 Å². The third-order valence-corrected chi connectivity index (χ3v) is 7.27. The standard InChI is InChI=1S/C32H28O4/c1-35-25-17-13-21(14-18-25)27-28(22-15-19-26(36-2)20-16-22)30(32(34)24-11-7-4-8-12-24)29(27)31(33)23-9-5-3-6-10-23/h3-20,27-30H,1-2H3/t27-,28-,29+,30+/m1/s1. The Morgan fingerprint density at radius 2 is 0.833 bits per heavy atom. The lowest BCUT2D eigenvalue weighted by molar-refractivity contribution is 0.0456. The topological polar surface area (TPSA) is 52.6 Å². The van der Waals surface area contributed by atoms with E-state index < -0.39 is 11.8 Å². The third kappa shape index (κ3) is 4.31. The first-order valence-electron chi connectivity index (χ1n) is 12.1. The number of methoxy groups -OCH3 is 2. The van der Waals surface area contributed by atoms with Crippen LogP contribution in [0.25, 0.3) is 0 Å². The third-order valence-electron chi connectivity index (χ3n) is 7.27. The van der Waals surface area contributed by atoms with Gasteiger partial charge in [0.25, 0.3) is 0 Å². The normalized spacial score (nSPS) is 20.7. The van der Waals surface area contributed by atoms with Crippen molar-refractivity contribution in [3.05, 3.63) is 131 Å². The Bertz CT molecular complexity index is 1220. The fraction of sp³-hybridized carbons (Fsp3) is 0.188. The van der Waals surface area contributed by atoms with Crippen molar-refractivity contribution in [2.24, 2.45) is 11.8 Å². The van der Waals surface area contributed by atoms with Crippen molar-refractivity contribution in [3.8, 4) is 11.5 Å². The molecule has 0 spiro atoms. The van der Waals surface area contributed by atoms with Crippen LogP contribution in [0, 0.1) is 11.8 Å². The highest BCUT2D eigenvalue weighted by Gasteiger charge is 2.57. The molecule has 4 nitrogen and oxygen atoms in total. The summed E-state index contributed by atoms with van der Waals surface area (Å²) in [6.07, 6.45) is 0. The van der Waals surface area contributed by atoms with E-state index in [0.29, 0.717) is 11.1 Å². The van der Waals surface area contributed by atoms with Crippen LogP contribution >= 0.6 is 0 Å². The minimum Gasteiger partial charge on any atom is -0.497 e. The molecule has 0 N–H and O–H groups in total. The Morgan fingerprint density at radius 3 is 1.14 bits per heavy atom. The summed E-state index contributed by atoms with van der Waals surface area (Å²) in [5, 5.41) is 0. The van der Waals surface area contributed by atoms with E-state index in [1.165, 1.54) is 0 Å². The van der Waals surface area contributed by atoms with Crippen molar-refractivity contribution >= 4 is 11.6 Å². The maximum atomic E-state index is 14.0. The molecule has 36 heavy (non-hydrogen) atoms. The summed E-state index contributed by atoms with van der Waals surface area (Å²) in [5.41, 5.74) is 3.28. The number of hydrogen-bond donors (Lipinski definition) is 0. The van der Waals surface area contributed by atoms with E-state index in [9.17, 15) is 9.59 Å². The SMILES string of the molecule is COc1ccc([C@H]2[C@H](C(=O)c3ccccc3)[C@@H](C(=O)c3ccccc3)[C@@H]2c2ccc(OC)cc2)cc1. The lowest BCUT2D eigenvalue weighted by Gasteiger charge is -2.51. The number of ether oxygens (including phenoxy) is 2. The molecule has 0 amide bonds. The quantitative estimate of drug-likeness (QED) is 0.270. The average molecular weight is 477 g/mol. The molecule has 1 aliphatic carbocycles. The summed E-state index contributed by atoms with van der Waals surface area (Å²) in [6, 6.07) is 34.3.